The number of amides is 2. The summed E-state index contributed by atoms with van der Waals surface area (Å²) >= 11 is 6.17. The Morgan fingerprint density at radius 3 is 2.56 bits per heavy atom. The number of allylic oxidation sites excluding steroid dienone is 1. The molecule has 1 aliphatic rings. The first-order valence-electron chi connectivity index (χ1n) is 11.0. The molecule has 2 heterocycles. The molecule has 1 N–H and O–H groups in total. The van der Waals surface area contributed by atoms with E-state index < -0.39 is 6.04 Å². The van der Waals surface area contributed by atoms with Gasteiger partial charge in [-0.1, -0.05) is 83.0 Å². The molecule has 34 heavy (non-hydrogen) atoms. The first-order valence-corrected chi connectivity index (χ1v) is 11.4. The van der Waals surface area contributed by atoms with Gasteiger partial charge in [0.15, 0.2) is 0 Å². The first kappa shape index (κ1) is 21.9. The lowest BCUT2D eigenvalue weighted by Gasteiger charge is -2.35. The standard InChI is InChI=1S/C27H23ClN4O2/c1-17-8-6-12-21(14-17)25-30-26(34-31-25)23-18(2)32(16-19-9-7-13-22(28)15-19)27(33)29-24(23)20-10-4-3-5-11-20/h3-15,24H,16H2,1-2H3,(H,29,33). The van der Waals surface area contributed by atoms with Crippen LogP contribution in [0.1, 0.15) is 35.5 Å². The van der Waals surface area contributed by atoms with Crippen LogP contribution in [0, 0.1) is 6.92 Å². The maximum Gasteiger partial charge on any atom is 0.322 e. The number of nitrogens with zero attached hydrogens (tertiary/aromatic N) is 3. The topological polar surface area (TPSA) is 71.3 Å². The van der Waals surface area contributed by atoms with Gasteiger partial charge in [0.2, 0.25) is 5.82 Å². The summed E-state index contributed by atoms with van der Waals surface area (Å²) in [6, 6.07) is 24.6. The number of aromatic nitrogens is 2. The average molecular weight is 471 g/mol. The van der Waals surface area contributed by atoms with Gasteiger partial charge in [-0.2, -0.15) is 4.98 Å². The van der Waals surface area contributed by atoms with Gasteiger partial charge < -0.3 is 9.84 Å². The maximum atomic E-state index is 13.2. The molecule has 5 rings (SSSR count). The summed E-state index contributed by atoms with van der Waals surface area (Å²) in [5.74, 6) is 0.878. The van der Waals surface area contributed by atoms with Crippen molar-refractivity contribution in [3.63, 3.8) is 0 Å². The molecule has 1 aromatic heterocycles. The minimum absolute atomic E-state index is 0.200. The van der Waals surface area contributed by atoms with Crippen LogP contribution in [0.15, 0.2) is 89.1 Å². The predicted octanol–water partition coefficient (Wildman–Crippen LogP) is 6.40. The van der Waals surface area contributed by atoms with E-state index in [1.54, 1.807) is 4.90 Å². The van der Waals surface area contributed by atoms with Gasteiger partial charge in [-0.3, -0.25) is 4.90 Å². The van der Waals surface area contributed by atoms with E-state index >= 15 is 0 Å². The molecule has 0 radical (unpaired) electrons. The second-order valence-electron chi connectivity index (χ2n) is 8.30. The molecule has 6 nitrogen and oxygen atoms in total. The Labute approximate surface area is 202 Å². The third-order valence-corrected chi connectivity index (χ3v) is 6.13. The molecule has 170 valence electrons. The van der Waals surface area contributed by atoms with E-state index in [1.807, 2.05) is 92.7 Å². The van der Waals surface area contributed by atoms with Crippen molar-refractivity contribution in [3.05, 3.63) is 112 Å². The van der Waals surface area contributed by atoms with Gasteiger partial charge >= 0.3 is 6.03 Å². The maximum absolute atomic E-state index is 13.2. The van der Waals surface area contributed by atoms with Crippen LogP contribution in [0.25, 0.3) is 17.0 Å². The number of hydrogen-bond acceptors (Lipinski definition) is 4. The van der Waals surface area contributed by atoms with Crippen molar-refractivity contribution < 1.29 is 9.32 Å². The fourth-order valence-corrected chi connectivity index (χ4v) is 4.41. The van der Waals surface area contributed by atoms with Gasteiger partial charge in [-0.15, -0.1) is 0 Å². The average Bonchev–Trinajstić information content (AvgIpc) is 3.32. The number of benzene rings is 3. The second kappa shape index (κ2) is 9.15. The summed E-state index contributed by atoms with van der Waals surface area (Å²) in [7, 11) is 0. The van der Waals surface area contributed by atoms with Crippen molar-refractivity contribution in [1.29, 1.82) is 0 Å². The molecule has 0 fully saturated rings. The zero-order valence-corrected chi connectivity index (χ0v) is 19.6. The van der Waals surface area contributed by atoms with Crippen molar-refractivity contribution in [3.8, 4) is 11.4 Å². The largest absolute Gasteiger partial charge is 0.334 e. The minimum Gasteiger partial charge on any atom is -0.334 e. The fraction of sp³-hybridized carbons (Fsp3) is 0.148. The Morgan fingerprint density at radius 2 is 1.79 bits per heavy atom. The normalized spacial score (nSPS) is 16.0. The van der Waals surface area contributed by atoms with Gasteiger partial charge in [-0.25, -0.2) is 4.79 Å². The molecule has 7 heteroatoms. The van der Waals surface area contributed by atoms with E-state index in [1.165, 1.54) is 0 Å². The number of nitrogens with one attached hydrogen (secondary N) is 1. The lowest BCUT2D eigenvalue weighted by molar-refractivity contribution is 0.203. The highest BCUT2D eigenvalue weighted by molar-refractivity contribution is 6.30. The van der Waals surface area contributed by atoms with Gasteiger partial charge in [0.1, 0.15) is 0 Å². The molecule has 0 bridgehead atoms. The van der Waals surface area contributed by atoms with Crippen molar-refractivity contribution in [2.24, 2.45) is 0 Å². The van der Waals surface area contributed by atoms with Crippen molar-refractivity contribution >= 4 is 23.2 Å². The third-order valence-electron chi connectivity index (χ3n) is 5.89. The van der Waals surface area contributed by atoms with Crippen LogP contribution in [0.3, 0.4) is 0 Å². The summed E-state index contributed by atoms with van der Waals surface area (Å²) in [5, 5.41) is 7.98. The summed E-state index contributed by atoms with van der Waals surface area (Å²) in [5.41, 5.74) is 5.35. The van der Waals surface area contributed by atoms with Gasteiger partial charge in [0.05, 0.1) is 18.2 Å². The number of carbonyl (C=O) groups is 1. The van der Waals surface area contributed by atoms with Crippen molar-refractivity contribution in [1.82, 2.24) is 20.4 Å². The molecule has 0 aliphatic carbocycles. The first-order chi connectivity index (χ1) is 16.5. The number of carbonyl (C=O) groups excluding carboxylic acids is 1. The summed E-state index contributed by atoms with van der Waals surface area (Å²) in [4.78, 5) is 19.6. The van der Waals surface area contributed by atoms with Crippen LogP contribution in [0.2, 0.25) is 5.02 Å². The molecule has 1 atom stereocenters. The molecule has 1 unspecified atom stereocenters. The molecule has 2 amide bonds. The fourth-order valence-electron chi connectivity index (χ4n) is 4.20. The molecule has 0 spiro atoms. The highest BCUT2D eigenvalue weighted by Gasteiger charge is 2.35. The molecule has 1 aliphatic heterocycles. The van der Waals surface area contributed by atoms with E-state index in [2.05, 4.69) is 10.5 Å². The van der Waals surface area contributed by atoms with E-state index in [4.69, 9.17) is 21.1 Å². The van der Waals surface area contributed by atoms with Gasteiger partial charge in [0, 0.05) is 16.3 Å². The van der Waals surface area contributed by atoms with Gasteiger partial charge in [-0.05, 0) is 43.2 Å². The molecular formula is C27H23ClN4O2. The van der Waals surface area contributed by atoms with E-state index in [0.717, 1.165) is 33.5 Å². The van der Waals surface area contributed by atoms with Crippen LogP contribution in [0.4, 0.5) is 4.79 Å². The molecule has 4 aromatic rings. The number of aryl methyl sites for hydroxylation is 1. The second-order valence-corrected chi connectivity index (χ2v) is 8.74. The summed E-state index contributed by atoms with van der Waals surface area (Å²) in [6.07, 6.45) is 0. The third kappa shape index (κ3) is 4.32. The Bertz CT molecular complexity index is 1380. The summed E-state index contributed by atoms with van der Waals surface area (Å²) < 4.78 is 5.76. The Kier molecular flexibility index (Phi) is 5.90. The van der Waals surface area contributed by atoms with E-state index in [0.29, 0.717) is 23.3 Å². The number of rotatable bonds is 5. The highest BCUT2D eigenvalue weighted by atomic mass is 35.5. The predicted molar refractivity (Wildman–Crippen MR) is 132 cm³/mol. The Hall–Kier alpha value is -3.90. The molecule has 0 saturated heterocycles. The molecule has 0 saturated carbocycles. The van der Waals surface area contributed by atoms with Crippen LogP contribution >= 0.6 is 11.6 Å². The smallest absolute Gasteiger partial charge is 0.322 e. The number of urea groups is 1. The lowest BCUT2D eigenvalue weighted by atomic mass is 9.94. The quantitative estimate of drug-likeness (QED) is 0.366. The number of hydrogen-bond donors (Lipinski definition) is 1. The Balaban J connectivity index is 1.60. The monoisotopic (exact) mass is 470 g/mol. The van der Waals surface area contributed by atoms with Gasteiger partial charge in [0.25, 0.3) is 5.89 Å². The van der Waals surface area contributed by atoms with Crippen molar-refractivity contribution in [2.45, 2.75) is 26.4 Å². The van der Waals surface area contributed by atoms with Crippen LogP contribution < -0.4 is 5.32 Å². The zero-order chi connectivity index (χ0) is 23.7. The SMILES string of the molecule is CC1=C(c2nc(-c3cccc(C)c3)no2)C(c2ccccc2)NC(=O)N1Cc1cccc(Cl)c1. The van der Waals surface area contributed by atoms with Crippen LogP contribution in [-0.4, -0.2) is 21.1 Å². The highest BCUT2D eigenvalue weighted by Crippen LogP contribution is 2.38. The van der Waals surface area contributed by atoms with E-state index in [-0.39, 0.29) is 6.03 Å². The van der Waals surface area contributed by atoms with Crippen molar-refractivity contribution in [2.75, 3.05) is 0 Å². The van der Waals surface area contributed by atoms with E-state index in [9.17, 15) is 4.79 Å². The Morgan fingerprint density at radius 1 is 1.00 bits per heavy atom. The van der Waals surface area contributed by atoms with Crippen LogP contribution in [-0.2, 0) is 6.54 Å². The van der Waals surface area contributed by atoms with Crippen LogP contribution in [0.5, 0.6) is 0 Å². The number of halogens is 1. The molecule has 3 aromatic carbocycles. The summed E-state index contributed by atoms with van der Waals surface area (Å²) in [6.45, 7) is 4.29. The zero-order valence-electron chi connectivity index (χ0n) is 18.8. The molecular weight excluding hydrogens is 448 g/mol. The lowest BCUT2D eigenvalue weighted by Crippen LogP contribution is -2.45. The minimum atomic E-state index is -0.421.